The van der Waals surface area contributed by atoms with E-state index >= 15 is 0 Å². The van der Waals surface area contributed by atoms with E-state index < -0.39 is 11.9 Å². The molecule has 142 valence electrons. The Kier molecular flexibility index (Phi) is 4.50. The molecule has 3 aromatic carbocycles. The quantitative estimate of drug-likeness (QED) is 0.644. The Hall–Kier alpha value is -4.10. The number of carbonyl (C=O) groups is 2. The van der Waals surface area contributed by atoms with Gasteiger partial charge in [-0.2, -0.15) is 4.48 Å². The van der Waals surface area contributed by atoms with E-state index in [1.807, 2.05) is 30.3 Å². The van der Waals surface area contributed by atoms with Crippen LogP contribution in [0.4, 0.5) is 11.4 Å². The van der Waals surface area contributed by atoms with E-state index in [1.54, 1.807) is 36.7 Å². The maximum absolute atomic E-state index is 11.5. The summed E-state index contributed by atoms with van der Waals surface area (Å²) in [5, 5.41) is 27.3. The topological polar surface area (TPSA) is 99.3 Å². The monoisotopic (exact) mass is 386 g/mol. The predicted molar refractivity (Wildman–Crippen MR) is 110 cm³/mol. The molecule has 0 aliphatic carbocycles. The third kappa shape index (κ3) is 3.09. The second-order valence-corrected chi connectivity index (χ2v) is 6.45. The zero-order valence-corrected chi connectivity index (χ0v) is 15.1. The van der Waals surface area contributed by atoms with Gasteiger partial charge in [0.2, 0.25) is 6.34 Å². The van der Waals surface area contributed by atoms with Crippen LogP contribution in [0.25, 0.3) is 0 Å². The summed E-state index contributed by atoms with van der Waals surface area (Å²) in [4.78, 5) is 23.0. The Morgan fingerprint density at radius 3 is 2.03 bits per heavy atom. The van der Waals surface area contributed by atoms with Crippen molar-refractivity contribution in [1.82, 2.24) is 4.48 Å². The second-order valence-electron chi connectivity index (χ2n) is 6.45. The number of quaternary nitrogens is 1. The van der Waals surface area contributed by atoms with Gasteiger partial charge in [0, 0.05) is 24.3 Å². The fourth-order valence-corrected chi connectivity index (χ4v) is 3.38. The Balaban J connectivity index is 1.97. The minimum absolute atomic E-state index is 0.0645. The van der Waals surface area contributed by atoms with Crippen LogP contribution in [0.15, 0.2) is 89.1 Å². The first-order valence-corrected chi connectivity index (χ1v) is 8.77. The van der Waals surface area contributed by atoms with Crippen molar-refractivity contribution in [2.75, 3.05) is 0 Å². The van der Waals surface area contributed by atoms with E-state index in [4.69, 9.17) is 0 Å². The molecule has 1 aliphatic heterocycles. The van der Waals surface area contributed by atoms with Gasteiger partial charge in [-0.1, -0.05) is 40.5 Å². The molecule has 1 aliphatic rings. The van der Waals surface area contributed by atoms with Crippen LogP contribution in [0.5, 0.6) is 0 Å². The van der Waals surface area contributed by atoms with Gasteiger partial charge in [-0.05, 0) is 24.3 Å². The Labute approximate surface area is 166 Å². The number of carboxylic acids is 2. The van der Waals surface area contributed by atoms with Crippen LogP contribution < -0.4 is 4.48 Å². The SMILES string of the molecule is O=C(O)c1cccc(C2=NN=C[N+]2(c2ccccc2)c2cccc(C(=O)O)c2)c1. The summed E-state index contributed by atoms with van der Waals surface area (Å²) in [5.74, 6) is -1.61. The Morgan fingerprint density at radius 1 is 0.724 bits per heavy atom. The van der Waals surface area contributed by atoms with E-state index in [0.717, 1.165) is 5.69 Å². The van der Waals surface area contributed by atoms with Crippen molar-refractivity contribution >= 4 is 35.5 Å². The molecule has 29 heavy (non-hydrogen) atoms. The average molecular weight is 386 g/mol. The summed E-state index contributed by atoms with van der Waals surface area (Å²) in [5.41, 5.74) is 2.25. The molecular weight excluding hydrogens is 370 g/mol. The average Bonchev–Trinajstić information content (AvgIpc) is 3.21. The maximum atomic E-state index is 11.5. The normalized spacial score (nSPS) is 17.7. The van der Waals surface area contributed by atoms with Crippen molar-refractivity contribution in [1.29, 1.82) is 0 Å². The van der Waals surface area contributed by atoms with Gasteiger partial charge >= 0.3 is 11.9 Å². The summed E-state index contributed by atoms with van der Waals surface area (Å²) >= 11 is 0. The first-order valence-electron chi connectivity index (χ1n) is 8.77. The van der Waals surface area contributed by atoms with Crippen LogP contribution in [0.2, 0.25) is 0 Å². The van der Waals surface area contributed by atoms with Gasteiger partial charge in [-0.15, -0.1) is 0 Å². The lowest BCUT2D eigenvalue weighted by Gasteiger charge is -2.30. The minimum atomic E-state index is -1.04. The van der Waals surface area contributed by atoms with Gasteiger partial charge in [0.25, 0.3) is 5.84 Å². The van der Waals surface area contributed by atoms with Crippen LogP contribution in [-0.2, 0) is 0 Å². The predicted octanol–water partition coefficient (Wildman–Crippen LogP) is 4.13. The van der Waals surface area contributed by atoms with E-state index in [0.29, 0.717) is 17.1 Å². The zero-order chi connectivity index (χ0) is 20.4. The van der Waals surface area contributed by atoms with Crippen molar-refractivity contribution in [3.63, 3.8) is 0 Å². The molecule has 7 heteroatoms. The molecule has 0 saturated heterocycles. The van der Waals surface area contributed by atoms with Crippen molar-refractivity contribution in [2.24, 2.45) is 10.2 Å². The lowest BCUT2D eigenvalue weighted by molar-refractivity contribution is 0.0686. The fraction of sp³-hybridized carbons (Fsp3) is 0. The third-order valence-electron chi connectivity index (χ3n) is 4.74. The number of aromatic carboxylic acids is 2. The molecule has 0 saturated carbocycles. The molecule has 7 nitrogen and oxygen atoms in total. The van der Waals surface area contributed by atoms with Gasteiger partial charge < -0.3 is 10.2 Å². The fourth-order valence-electron chi connectivity index (χ4n) is 3.38. The smallest absolute Gasteiger partial charge is 0.335 e. The molecule has 1 atom stereocenters. The first kappa shape index (κ1) is 18.3. The van der Waals surface area contributed by atoms with Crippen molar-refractivity contribution in [3.8, 4) is 0 Å². The van der Waals surface area contributed by atoms with E-state index in [1.165, 1.54) is 18.2 Å². The maximum Gasteiger partial charge on any atom is 0.335 e. The number of benzene rings is 3. The number of hydrogen-bond acceptors (Lipinski definition) is 4. The van der Waals surface area contributed by atoms with E-state index in [9.17, 15) is 19.8 Å². The number of nitrogens with zero attached hydrogens (tertiary/aromatic N) is 3. The summed E-state index contributed by atoms with van der Waals surface area (Å²) in [6.45, 7) is 0. The first-order chi connectivity index (χ1) is 14.0. The number of amidine groups is 1. The van der Waals surface area contributed by atoms with Crippen molar-refractivity contribution in [2.45, 2.75) is 0 Å². The summed E-state index contributed by atoms with van der Waals surface area (Å²) in [6, 6.07) is 22.4. The largest absolute Gasteiger partial charge is 0.478 e. The molecule has 4 rings (SSSR count). The van der Waals surface area contributed by atoms with Crippen LogP contribution >= 0.6 is 0 Å². The lowest BCUT2D eigenvalue weighted by Crippen LogP contribution is -2.47. The van der Waals surface area contributed by atoms with Crippen LogP contribution in [0, 0.1) is 0 Å². The molecule has 0 bridgehead atoms. The van der Waals surface area contributed by atoms with Gasteiger partial charge in [-0.3, -0.25) is 0 Å². The molecular formula is C22H16N3O4+. The molecule has 3 aromatic rings. The van der Waals surface area contributed by atoms with Crippen LogP contribution in [-0.4, -0.2) is 34.3 Å². The highest BCUT2D eigenvalue weighted by Gasteiger charge is 2.43. The summed E-state index contributed by atoms with van der Waals surface area (Å²) in [7, 11) is 0. The molecule has 0 fully saturated rings. The minimum Gasteiger partial charge on any atom is -0.478 e. The van der Waals surface area contributed by atoms with Gasteiger partial charge in [0.05, 0.1) is 16.7 Å². The van der Waals surface area contributed by atoms with Crippen molar-refractivity contribution in [3.05, 3.63) is 95.6 Å². The standard InChI is InChI=1S/C22H15N3O4/c26-21(27)16-7-4-6-15(12-16)20-24-23-14-25(20,18-9-2-1-3-10-18)19-11-5-8-17(13-19)22(28)29/h1-14H,(H-,26,27,28,29)/p+1. The molecule has 0 radical (unpaired) electrons. The Morgan fingerprint density at radius 2 is 1.34 bits per heavy atom. The molecule has 0 aromatic heterocycles. The van der Waals surface area contributed by atoms with Crippen molar-refractivity contribution < 1.29 is 19.8 Å². The second kappa shape index (κ2) is 7.14. The number of hydrogen-bond donors (Lipinski definition) is 2. The summed E-state index contributed by atoms with van der Waals surface area (Å²) < 4.78 is -0.0645. The zero-order valence-electron chi connectivity index (χ0n) is 15.1. The van der Waals surface area contributed by atoms with Gasteiger partial charge in [0.1, 0.15) is 5.69 Å². The number of carboxylic acid groups (broad SMARTS) is 2. The highest BCUT2D eigenvalue weighted by molar-refractivity contribution is 6.21. The molecule has 0 spiro atoms. The summed E-state index contributed by atoms with van der Waals surface area (Å²) in [6.07, 6.45) is 1.61. The molecule has 1 heterocycles. The van der Waals surface area contributed by atoms with Gasteiger partial charge in [0.15, 0.2) is 5.69 Å². The van der Waals surface area contributed by atoms with E-state index in [2.05, 4.69) is 10.2 Å². The van der Waals surface area contributed by atoms with Crippen LogP contribution in [0.3, 0.4) is 0 Å². The highest BCUT2D eigenvalue weighted by atomic mass is 16.4. The van der Waals surface area contributed by atoms with E-state index in [-0.39, 0.29) is 15.6 Å². The molecule has 1 unspecified atom stereocenters. The lowest BCUT2D eigenvalue weighted by atomic mass is 10.0. The van der Waals surface area contributed by atoms with Gasteiger partial charge in [-0.25, -0.2) is 9.59 Å². The molecule has 2 N–H and O–H groups in total. The Bertz CT molecular complexity index is 1170. The number of rotatable bonds is 5. The highest BCUT2D eigenvalue weighted by Crippen LogP contribution is 2.38. The molecule has 0 amide bonds. The third-order valence-corrected chi connectivity index (χ3v) is 4.74. The number of para-hydroxylation sites is 1. The van der Waals surface area contributed by atoms with Crippen LogP contribution in [0.1, 0.15) is 26.3 Å².